The zero-order chi connectivity index (χ0) is 14.8. The quantitative estimate of drug-likeness (QED) is 0.606. The van der Waals surface area contributed by atoms with E-state index in [0.29, 0.717) is 36.6 Å². The molecule has 2 N–H and O–H groups in total. The van der Waals surface area contributed by atoms with Crippen LogP contribution in [0.5, 0.6) is 11.5 Å². The van der Waals surface area contributed by atoms with Crippen molar-refractivity contribution in [3.63, 3.8) is 0 Å². The Morgan fingerprint density at radius 1 is 1.25 bits per heavy atom. The SMILES string of the molecule is CCOc1ccccc1OCC(O)CN([CH2][Al])CCO. The molecule has 0 amide bonds. The normalized spacial score (nSPS) is 12.4. The van der Waals surface area contributed by atoms with Crippen molar-refractivity contribution in [1.29, 1.82) is 0 Å². The van der Waals surface area contributed by atoms with Crippen LogP contribution < -0.4 is 9.47 Å². The molecule has 0 saturated carbocycles. The summed E-state index contributed by atoms with van der Waals surface area (Å²) in [5.74, 6) is 1.31. The molecule has 1 unspecified atom stereocenters. The predicted octanol–water partition coefficient (Wildman–Crippen LogP) is 0.245. The van der Waals surface area contributed by atoms with Crippen LogP contribution in [-0.4, -0.2) is 75.8 Å². The average Bonchev–Trinajstić information content (AvgIpc) is 2.46. The number of benzene rings is 1. The number of aliphatic hydroxyl groups excluding tert-OH is 2. The third-order valence-corrected chi connectivity index (χ3v) is 3.24. The van der Waals surface area contributed by atoms with Crippen molar-refractivity contribution in [1.82, 2.24) is 4.90 Å². The molecular formula is C14H22AlNO4. The topological polar surface area (TPSA) is 62.2 Å². The lowest BCUT2D eigenvalue weighted by atomic mass is 10.3. The van der Waals surface area contributed by atoms with Gasteiger partial charge in [0.15, 0.2) is 11.5 Å². The van der Waals surface area contributed by atoms with Crippen LogP contribution in [0.1, 0.15) is 6.92 Å². The number of aliphatic hydroxyl groups is 2. The summed E-state index contributed by atoms with van der Waals surface area (Å²) in [7, 11) is 0. The second kappa shape index (κ2) is 10.0. The molecule has 0 aromatic heterocycles. The highest BCUT2D eigenvalue weighted by molar-refractivity contribution is 6.08. The number of para-hydroxylation sites is 2. The Labute approximate surface area is 128 Å². The molecule has 1 aromatic rings. The van der Waals surface area contributed by atoms with Gasteiger partial charge in [-0.3, -0.25) is 0 Å². The Balaban J connectivity index is 2.45. The van der Waals surface area contributed by atoms with Gasteiger partial charge in [0, 0.05) is 13.1 Å². The zero-order valence-corrected chi connectivity index (χ0v) is 13.0. The van der Waals surface area contributed by atoms with Gasteiger partial charge in [0.25, 0.3) is 0 Å². The highest BCUT2D eigenvalue weighted by Crippen LogP contribution is 2.26. The molecule has 2 radical (unpaired) electrons. The molecule has 1 atom stereocenters. The first-order valence-corrected chi connectivity index (χ1v) is 7.58. The molecule has 0 aliphatic carbocycles. The number of hydrogen-bond acceptors (Lipinski definition) is 5. The second-order valence-corrected chi connectivity index (χ2v) is 4.69. The summed E-state index contributed by atoms with van der Waals surface area (Å²) in [6.07, 6.45) is -0.614. The third kappa shape index (κ3) is 6.12. The van der Waals surface area contributed by atoms with Crippen molar-refractivity contribution in [2.24, 2.45) is 0 Å². The van der Waals surface area contributed by atoms with Gasteiger partial charge in [0.05, 0.1) is 13.2 Å². The minimum Gasteiger partial charge on any atom is -0.490 e. The van der Waals surface area contributed by atoms with Gasteiger partial charge in [-0.2, -0.15) is 0 Å². The maximum Gasteiger partial charge on any atom is 0.161 e. The van der Waals surface area contributed by atoms with E-state index in [0.717, 1.165) is 0 Å². The molecule has 1 rings (SSSR count). The summed E-state index contributed by atoms with van der Waals surface area (Å²) in [6.45, 7) is 3.75. The third-order valence-electron chi connectivity index (χ3n) is 2.72. The molecule has 0 fully saturated rings. The summed E-state index contributed by atoms with van der Waals surface area (Å²) >= 11 is 2.58. The Kier molecular flexibility index (Phi) is 8.67. The van der Waals surface area contributed by atoms with Crippen molar-refractivity contribution >= 4 is 16.3 Å². The molecule has 0 heterocycles. The van der Waals surface area contributed by atoms with Crippen molar-refractivity contribution < 1.29 is 19.7 Å². The van der Waals surface area contributed by atoms with Crippen molar-refractivity contribution in [2.45, 2.75) is 13.0 Å². The maximum absolute atomic E-state index is 9.96. The van der Waals surface area contributed by atoms with Gasteiger partial charge in [0.2, 0.25) is 0 Å². The van der Waals surface area contributed by atoms with Gasteiger partial charge >= 0.3 is 0 Å². The van der Waals surface area contributed by atoms with E-state index < -0.39 is 6.10 Å². The smallest absolute Gasteiger partial charge is 0.161 e. The minimum atomic E-state index is -0.614. The fourth-order valence-corrected chi connectivity index (χ4v) is 2.11. The van der Waals surface area contributed by atoms with Crippen LogP contribution in [0.4, 0.5) is 0 Å². The van der Waals surface area contributed by atoms with Crippen LogP contribution in [0.3, 0.4) is 0 Å². The fraction of sp³-hybridized carbons (Fsp3) is 0.571. The molecule has 5 nitrogen and oxygen atoms in total. The van der Waals surface area contributed by atoms with Crippen LogP contribution in [0, 0.1) is 0 Å². The van der Waals surface area contributed by atoms with Crippen molar-refractivity contribution in [2.75, 3.05) is 38.3 Å². The van der Waals surface area contributed by atoms with Crippen molar-refractivity contribution in [3.8, 4) is 11.5 Å². The van der Waals surface area contributed by atoms with Gasteiger partial charge < -0.3 is 24.6 Å². The predicted molar refractivity (Wildman–Crippen MR) is 78.4 cm³/mol. The van der Waals surface area contributed by atoms with Gasteiger partial charge in [0.1, 0.15) is 29.0 Å². The Morgan fingerprint density at radius 3 is 2.45 bits per heavy atom. The first-order valence-electron chi connectivity index (χ1n) is 6.77. The molecule has 0 spiro atoms. The lowest BCUT2D eigenvalue weighted by molar-refractivity contribution is 0.0672. The Bertz CT molecular complexity index is 378. The van der Waals surface area contributed by atoms with Crippen LogP contribution in [0.2, 0.25) is 0 Å². The lowest BCUT2D eigenvalue weighted by Crippen LogP contribution is -2.38. The molecule has 0 saturated heterocycles. The zero-order valence-electron chi connectivity index (χ0n) is 11.9. The Hall–Kier alpha value is -0.768. The van der Waals surface area contributed by atoms with E-state index in [1.54, 1.807) is 0 Å². The molecular weight excluding hydrogens is 273 g/mol. The minimum absolute atomic E-state index is 0.0785. The molecule has 20 heavy (non-hydrogen) atoms. The van der Waals surface area contributed by atoms with Gasteiger partial charge in [-0.25, -0.2) is 0 Å². The summed E-state index contributed by atoms with van der Waals surface area (Å²) < 4.78 is 11.1. The van der Waals surface area contributed by atoms with E-state index in [2.05, 4.69) is 16.3 Å². The van der Waals surface area contributed by atoms with E-state index in [1.165, 1.54) is 0 Å². The lowest BCUT2D eigenvalue weighted by Gasteiger charge is -2.23. The van der Waals surface area contributed by atoms with E-state index in [4.69, 9.17) is 14.6 Å². The molecule has 110 valence electrons. The number of nitrogens with zero attached hydrogens (tertiary/aromatic N) is 1. The van der Waals surface area contributed by atoms with Crippen LogP contribution in [-0.2, 0) is 0 Å². The maximum atomic E-state index is 9.96. The van der Waals surface area contributed by atoms with Gasteiger partial charge in [-0.05, 0) is 19.1 Å². The number of ether oxygens (including phenoxy) is 2. The summed E-state index contributed by atoms with van der Waals surface area (Å²) in [5.41, 5.74) is 0. The van der Waals surface area contributed by atoms with Crippen LogP contribution >= 0.6 is 0 Å². The molecule has 0 aliphatic heterocycles. The first kappa shape index (κ1) is 17.3. The van der Waals surface area contributed by atoms with E-state index >= 15 is 0 Å². The highest BCUT2D eigenvalue weighted by atomic mass is 27.0. The van der Waals surface area contributed by atoms with E-state index in [-0.39, 0.29) is 13.2 Å². The van der Waals surface area contributed by atoms with E-state index in [9.17, 15) is 5.11 Å². The monoisotopic (exact) mass is 295 g/mol. The van der Waals surface area contributed by atoms with Crippen molar-refractivity contribution in [3.05, 3.63) is 24.3 Å². The second-order valence-electron chi connectivity index (χ2n) is 4.33. The van der Waals surface area contributed by atoms with Crippen LogP contribution in [0.15, 0.2) is 24.3 Å². The fourth-order valence-electron chi connectivity index (χ4n) is 1.78. The highest BCUT2D eigenvalue weighted by Gasteiger charge is 2.12. The number of rotatable bonds is 10. The van der Waals surface area contributed by atoms with E-state index in [1.807, 2.05) is 36.1 Å². The number of hydrogen-bond donors (Lipinski definition) is 2. The molecule has 0 aliphatic rings. The largest absolute Gasteiger partial charge is 0.490 e. The summed E-state index contributed by atoms with van der Waals surface area (Å²) in [5, 5.41) is 19.6. The standard InChI is InChI=1S/C14H22NO4.Al/c1-3-18-13-6-4-5-7-14(13)19-11-12(17)10-15(2)8-9-16;/h4-7,12,16-17H,2-3,8-11H2,1H3;. The van der Waals surface area contributed by atoms with Gasteiger partial charge in [-0.1, -0.05) is 17.5 Å². The Morgan fingerprint density at radius 2 is 1.90 bits per heavy atom. The molecule has 6 heteroatoms. The average molecular weight is 295 g/mol. The van der Waals surface area contributed by atoms with Gasteiger partial charge in [-0.15, -0.1) is 0 Å². The first-order chi connectivity index (χ1) is 9.71. The molecule has 0 bridgehead atoms. The summed E-state index contributed by atoms with van der Waals surface area (Å²) in [4.78, 5) is 1.94. The van der Waals surface area contributed by atoms with Crippen LogP contribution in [0.25, 0.3) is 0 Å². The summed E-state index contributed by atoms with van der Waals surface area (Å²) in [6, 6.07) is 7.40. The molecule has 1 aromatic carbocycles.